The molecule has 0 aliphatic rings. The maximum atomic E-state index is 13.2. The topological polar surface area (TPSA) is 37.4 Å². The van der Waals surface area contributed by atoms with Crippen LogP contribution in [0.5, 0.6) is 0 Å². The van der Waals surface area contributed by atoms with Crippen molar-refractivity contribution in [2.45, 2.75) is 13.0 Å². The van der Waals surface area contributed by atoms with Gasteiger partial charge in [0.25, 0.3) is 5.91 Å². The molecule has 0 saturated heterocycles. The van der Waals surface area contributed by atoms with Crippen LogP contribution in [0.1, 0.15) is 33.1 Å². The summed E-state index contributed by atoms with van der Waals surface area (Å²) < 4.78 is 0.920. The second-order valence-corrected chi connectivity index (χ2v) is 7.49. The van der Waals surface area contributed by atoms with Crippen LogP contribution in [-0.2, 0) is 4.79 Å². The minimum absolute atomic E-state index is 0.342. The molecule has 27 heavy (non-hydrogen) atoms. The fourth-order valence-corrected chi connectivity index (χ4v) is 3.37. The summed E-state index contributed by atoms with van der Waals surface area (Å²) in [6.07, 6.45) is 0.593. The van der Waals surface area contributed by atoms with Gasteiger partial charge in [-0.3, -0.25) is 14.5 Å². The van der Waals surface area contributed by atoms with Gasteiger partial charge < -0.3 is 0 Å². The van der Waals surface area contributed by atoms with Crippen LogP contribution in [0.25, 0.3) is 0 Å². The molecule has 3 aromatic carbocycles. The summed E-state index contributed by atoms with van der Waals surface area (Å²) in [5.74, 6) is -0.342. The second-order valence-electron chi connectivity index (χ2n) is 6.14. The number of hydrogen-bond donors (Lipinski definition) is 0. The number of nitrogens with zero attached hydrogens (tertiary/aromatic N) is 1. The van der Waals surface area contributed by atoms with Crippen molar-refractivity contribution in [2.75, 3.05) is 0 Å². The third-order valence-corrected chi connectivity index (χ3v) is 5.15. The number of halogens is 2. The van der Waals surface area contributed by atoms with E-state index in [9.17, 15) is 9.59 Å². The van der Waals surface area contributed by atoms with Crippen molar-refractivity contribution in [2.24, 2.45) is 0 Å². The SMILES string of the molecule is Cc1ccccc1C(=O)N(C=O)C(c1ccc(Cl)cc1)c1ccc(Br)cc1. The molecule has 5 heteroatoms. The zero-order chi connectivity index (χ0) is 19.4. The number of hydrogen-bond acceptors (Lipinski definition) is 2. The molecule has 2 amide bonds. The van der Waals surface area contributed by atoms with Crippen LogP contribution in [0.15, 0.2) is 77.3 Å². The van der Waals surface area contributed by atoms with Crippen LogP contribution in [0, 0.1) is 6.92 Å². The molecule has 0 heterocycles. The van der Waals surface area contributed by atoms with Gasteiger partial charge in [-0.1, -0.05) is 70.0 Å². The Balaban J connectivity index is 2.11. The molecular weight excluding hydrogens is 426 g/mol. The standard InChI is InChI=1S/C22H17BrClNO2/c1-15-4-2-3-5-20(15)22(27)25(14-26)21(16-6-10-18(23)11-7-16)17-8-12-19(24)13-9-17/h2-14,21H,1H3. The Labute approximate surface area is 171 Å². The van der Waals surface area contributed by atoms with E-state index in [1.165, 1.54) is 4.90 Å². The predicted molar refractivity (Wildman–Crippen MR) is 111 cm³/mol. The predicted octanol–water partition coefficient (Wildman–Crippen LogP) is 5.80. The molecule has 0 aliphatic heterocycles. The van der Waals surface area contributed by atoms with Crippen molar-refractivity contribution >= 4 is 39.8 Å². The highest BCUT2D eigenvalue weighted by molar-refractivity contribution is 9.10. The summed E-state index contributed by atoms with van der Waals surface area (Å²) in [6, 6.07) is 21.4. The van der Waals surface area contributed by atoms with Gasteiger partial charge in [0.2, 0.25) is 6.41 Å². The first-order valence-corrected chi connectivity index (χ1v) is 9.53. The number of imide groups is 1. The average molecular weight is 443 g/mol. The van der Waals surface area contributed by atoms with E-state index < -0.39 is 6.04 Å². The van der Waals surface area contributed by atoms with Crippen molar-refractivity contribution in [3.8, 4) is 0 Å². The smallest absolute Gasteiger partial charge is 0.261 e. The van der Waals surface area contributed by atoms with Gasteiger partial charge in [-0.05, 0) is 53.9 Å². The molecule has 0 radical (unpaired) electrons. The number of rotatable bonds is 5. The normalized spacial score (nSPS) is 11.7. The van der Waals surface area contributed by atoms with E-state index in [4.69, 9.17) is 11.6 Å². The molecule has 136 valence electrons. The highest BCUT2D eigenvalue weighted by atomic mass is 79.9. The highest BCUT2D eigenvalue weighted by Crippen LogP contribution is 2.31. The first kappa shape index (κ1) is 19.3. The average Bonchev–Trinajstić information content (AvgIpc) is 2.68. The van der Waals surface area contributed by atoms with Gasteiger partial charge in [-0.2, -0.15) is 0 Å². The Bertz CT molecular complexity index is 909. The van der Waals surface area contributed by atoms with Crippen molar-refractivity contribution in [3.63, 3.8) is 0 Å². The Morgan fingerprint density at radius 2 is 1.52 bits per heavy atom. The van der Waals surface area contributed by atoms with E-state index in [0.29, 0.717) is 17.0 Å². The van der Waals surface area contributed by atoms with Crippen LogP contribution in [-0.4, -0.2) is 17.2 Å². The molecule has 0 fully saturated rings. The fourth-order valence-electron chi connectivity index (χ4n) is 2.98. The lowest BCUT2D eigenvalue weighted by Gasteiger charge is -2.28. The number of aryl methyl sites for hydroxylation is 1. The monoisotopic (exact) mass is 441 g/mol. The zero-order valence-corrected chi connectivity index (χ0v) is 16.9. The van der Waals surface area contributed by atoms with Crippen LogP contribution in [0.4, 0.5) is 0 Å². The Morgan fingerprint density at radius 3 is 2.07 bits per heavy atom. The van der Waals surface area contributed by atoms with E-state index in [1.807, 2.05) is 55.5 Å². The van der Waals surface area contributed by atoms with Gasteiger partial charge in [-0.25, -0.2) is 0 Å². The molecule has 1 unspecified atom stereocenters. The molecule has 0 saturated carbocycles. The molecule has 0 aromatic heterocycles. The summed E-state index contributed by atoms with van der Waals surface area (Å²) in [5.41, 5.74) is 2.95. The summed E-state index contributed by atoms with van der Waals surface area (Å²) in [7, 11) is 0. The molecule has 0 aliphatic carbocycles. The first-order chi connectivity index (χ1) is 13.0. The Hall–Kier alpha value is -2.43. The lowest BCUT2D eigenvalue weighted by molar-refractivity contribution is -0.117. The third kappa shape index (κ3) is 4.29. The molecule has 3 nitrogen and oxygen atoms in total. The van der Waals surface area contributed by atoms with Gasteiger partial charge in [-0.15, -0.1) is 0 Å². The maximum absolute atomic E-state index is 13.2. The lowest BCUT2D eigenvalue weighted by Crippen LogP contribution is -2.34. The molecule has 0 N–H and O–H groups in total. The second kappa shape index (κ2) is 8.51. The van der Waals surface area contributed by atoms with Gasteiger partial charge >= 0.3 is 0 Å². The first-order valence-electron chi connectivity index (χ1n) is 8.36. The minimum atomic E-state index is -0.556. The van der Waals surface area contributed by atoms with Gasteiger partial charge in [0.1, 0.15) is 0 Å². The van der Waals surface area contributed by atoms with Crippen molar-refractivity contribution in [3.05, 3.63) is 105 Å². The van der Waals surface area contributed by atoms with Crippen molar-refractivity contribution in [1.82, 2.24) is 4.90 Å². The largest absolute Gasteiger partial charge is 0.278 e. The van der Waals surface area contributed by atoms with E-state index in [1.54, 1.807) is 24.3 Å². The summed E-state index contributed by atoms with van der Waals surface area (Å²) in [5, 5.41) is 0.594. The van der Waals surface area contributed by atoms with Gasteiger partial charge in [0.15, 0.2) is 0 Å². The zero-order valence-electron chi connectivity index (χ0n) is 14.6. The maximum Gasteiger partial charge on any atom is 0.261 e. The third-order valence-electron chi connectivity index (χ3n) is 4.37. The van der Waals surface area contributed by atoms with E-state index in [2.05, 4.69) is 15.9 Å². The van der Waals surface area contributed by atoms with Crippen LogP contribution >= 0.6 is 27.5 Å². The summed E-state index contributed by atoms with van der Waals surface area (Å²) >= 11 is 9.44. The lowest BCUT2D eigenvalue weighted by atomic mass is 9.96. The van der Waals surface area contributed by atoms with Crippen LogP contribution in [0.2, 0.25) is 5.02 Å². The van der Waals surface area contributed by atoms with E-state index in [0.717, 1.165) is 21.2 Å². The highest BCUT2D eigenvalue weighted by Gasteiger charge is 2.28. The molecule has 0 spiro atoms. The van der Waals surface area contributed by atoms with Gasteiger partial charge in [0, 0.05) is 15.1 Å². The van der Waals surface area contributed by atoms with Gasteiger partial charge in [0.05, 0.1) is 6.04 Å². The summed E-state index contributed by atoms with van der Waals surface area (Å²) in [4.78, 5) is 26.4. The molecule has 0 bridgehead atoms. The molecular formula is C22H17BrClNO2. The van der Waals surface area contributed by atoms with Crippen LogP contribution < -0.4 is 0 Å². The van der Waals surface area contributed by atoms with Crippen LogP contribution in [0.3, 0.4) is 0 Å². The van der Waals surface area contributed by atoms with Crippen molar-refractivity contribution < 1.29 is 9.59 Å². The number of carbonyl (C=O) groups is 2. The molecule has 1 atom stereocenters. The number of amides is 2. The Morgan fingerprint density at radius 1 is 0.963 bits per heavy atom. The molecule has 3 aromatic rings. The summed E-state index contributed by atoms with van der Waals surface area (Å²) in [6.45, 7) is 1.85. The van der Waals surface area contributed by atoms with Crippen molar-refractivity contribution in [1.29, 1.82) is 0 Å². The number of benzene rings is 3. The van der Waals surface area contributed by atoms with E-state index in [-0.39, 0.29) is 5.91 Å². The molecule has 3 rings (SSSR count). The fraction of sp³-hybridized carbons (Fsp3) is 0.0909. The van der Waals surface area contributed by atoms with E-state index >= 15 is 0 Å². The minimum Gasteiger partial charge on any atom is -0.278 e. The number of carbonyl (C=O) groups excluding carboxylic acids is 2. The Kier molecular flexibility index (Phi) is 6.09. The quantitative estimate of drug-likeness (QED) is 0.468.